The Hall–Kier alpha value is -2.37. The molecule has 5 aromatic rings. The van der Waals surface area contributed by atoms with Crippen LogP contribution in [0.15, 0.2) is 84.9 Å². The number of ether oxygens (including phenoxy) is 1. The lowest BCUT2D eigenvalue weighted by Crippen LogP contribution is -1.84. The van der Waals surface area contributed by atoms with Gasteiger partial charge in [0.2, 0.25) is 0 Å². The minimum absolute atomic E-state index is 0.0715. The summed E-state index contributed by atoms with van der Waals surface area (Å²) in [6, 6.07) is 30.4. The Morgan fingerprint density at radius 1 is 0.621 bits per heavy atom. The van der Waals surface area contributed by atoms with E-state index in [0.717, 1.165) is 11.5 Å². The Bertz CT molecular complexity index is 1270. The maximum atomic E-state index is 6.02. The van der Waals surface area contributed by atoms with Crippen LogP contribution in [0.1, 0.15) is 11.1 Å². The van der Waals surface area contributed by atoms with Crippen LogP contribution in [0.25, 0.3) is 25.1 Å². The standard InChI is InChI=1S/C26H20IOS/c1-17-3-13-25-23(15-17)24-16-18(2)4-14-26(24)29(25)22-11-9-21(10-12-22)28-20-7-5-19(27)6-8-20/h3-16H,1-2H3/q+1. The van der Waals surface area contributed by atoms with Gasteiger partial charge in [0, 0.05) is 36.9 Å². The van der Waals surface area contributed by atoms with Crippen LogP contribution >= 0.6 is 33.1 Å². The second-order valence-electron chi connectivity index (χ2n) is 7.33. The number of thiophene rings is 1. The Kier molecular flexibility index (Phi) is 4.80. The fourth-order valence-corrected chi connectivity index (χ4v) is 6.42. The number of hydrogen-bond acceptors (Lipinski definition) is 1. The third-order valence-electron chi connectivity index (χ3n) is 5.11. The van der Waals surface area contributed by atoms with Gasteiger partial charge in [-0.15, -0.1) is 0 Å². The molecule has 1 nitrogen and oxygen atoms in total. The van der Waals surface area contributed by atoms with Crippen LogP contribution in [0.4, 0.5) is 0 Å². The number of rotatable bonds is 3. The Morgan fingerprint density at radius 2 is 1.10 bits per heavy atom. The summed E-state index contributed by atoms with van der Waals surface area (Å²) in [5, 5.41) is 2.76. The Balaban J connectivity index is 1.60. The maximum absolute atomic E-state index is 6.02. The molecule has 0 saturated carbocycles. The minimum atomic E-state index is -0.0715. The van der Waals surface area contributed by atoms with Crippen molar-refractivity contribution in [1.29, 1.82) is 0 Å². The van der Waals surface area contributed by atoms with Crippen molar-refractivity contribution in [2.45, 2.75) is 13.8 Å². The molecule has 0 N–H and O–H groups in total. The first-order valence-electron chi connectivity index (χ1n) is 9.58. The van der Waals surface area contributed by atoms with Crippen molar-refractivity contribution < 1.29 is 4.74 Å². The highest BCUT2D eigenvalue weighted by Gasteiger charge is 2.23. The lowest BCUT2D eigenvalue weighted by molar-refractivity contribution is 0.482. The van der Waals surface area contributed by atoms with Crippen molar-refractivity contribution in [3.05, 3.63) is 99.6 Å². The monoisotopic (exact) mass is 507 g/mol. The molecule has 0 aliphatic rings. The largest absolute Gasteiger partial charge is 0.457 e. The van der Waals surface area contributed by atoms with Gasteiger partial charge in [-0.2, -0.15) is 0 Å². The van der Waals surface area contributed by atoms with Crippen LogP contribution in [0.5, 0.6) is 11.5 Å². The van der Waals surface area contributed by atoms with E-state index in [2.05, 4.69) is 109 Å². The molecule has 5 rings (SSSR count). The number of halogens is 1. The lowest BCUT2D eigenvalue weighted by atomic mass is 10.1. The molecule has 0 aliphatic carbocycles. The molecule has 1 heterocycles. The first kappa shape index (κ1) is 18.6. The van der Waals surface area contributed by atoms with Crippen molar-refractivity contribution in [2.75, 3.05) is 0 Å². The lowest BCUT2D eigenvalue weighted by Gasteiger charge is -2.05. The van der Waals surface area contributed by atoms with Crippen LogP contribution < -0.4 is 4.74 Å². The van der Waals surface area contributed by atoms with Crippen molar-refractivity contribution >= 4 is 53.2 Å². The molecule has 0 radical (unpaired) electrons. The zero-order chi connectivity index (χ0) is 20.0. The summed E-state index contributed by atoms with van der Waals surface area (Å²) < 4.78 is 10.1. The highest BCUT2D eigenvalue weighted by Crippen LogP contribution is 2.49. The normalized spacial score (nSPS) is 11.3. The second kappa shape index (κ2) is 7.47. The van der Waals surface area contributed by atoms with Crippen LogP contribution in [0.2, 0.25) is 0 Å². The molecule has 0 unspecified atom stereocenters. The Labute approximate surface area is 187 Å². The molecule has 4 aromatic carbocycles. The van der Waals surface area contributed by atoms with E-state index in [-0.39, 0.29) is 10.5 Å². The maximum Gasteiger partial charge on any atom is 0.187 e. The van der Waals surface area contributed by atoms with E-state index in [1.54, 1.807) is 0 Å². The second-order valence-corrected chi connectivity index (χ2v) is 10.5. The van der Waals surface area contributed by atoms with Crippen LogP contribution in [-0.2, 0) is 0 Å². The molecule has 0 aliphatic heterocycles. The van der Waals surface area contributed by atoms with E-state index in [9.17, 15) is 0 Å². The molecule has 142 valence electrons. The van der Waals surface area contributed by atoms with Gasteiger partial charge >= 0.3 is 0 Å². The molecule has 0 saturated heterocycles. The SMILES string of the molecule is Cc1ccc2c(c1)c1cc(C)ccc1[s+]2-c1ccc(Oc2ccc(I)cc2)cc1. The number of fused-ring (bicyclic) bond motifs is 3. The quantitative estimate of drug-likeness (QED) is 0.175. The van der Waals surface area contributed by atoms with Crippen molar-refractivity contribution in [3.63, 3.8) is 0 Å². The average molecular weight is 507 g/mol. The fourth-order valence-electron chi connectivity index (χ4n) is 3.72. The van der Waals surface area contributed by atoms with E-state index in [4.69, 9.17) is 4.74 Å². The summed E-state index contributed by atoms with van der Waals surface area (Å²) in [5.74, 6) is 1.73. The van der Waals surface area contributed by atoms with Gasteiger partial charge in [0.1, 0.15) is 11.5 Å². The first-order chi connectivity index (χ1) is 14.1. The third-order valence-corrected chi connectivity index (χ3v) is 8.16. The van der Waals surface area contributed by atoms with Crippen LogP contribution in [-0.4, -0.2) is 0 Å². The first-order valence-corrected chi connectivity index (χ1v) is 11.9. The van der Waals surface area contributed by atoms with Gasteiger partial charge in [0.15, 0.2) is 14.3 Å². The molecule has 1 aromatic heterocycles. The number of benzene rings is 4. The molecular weight excluding hydrogens is 487 g/mol. The highest BCUT2D eigenvalue weighted by atomic mass is 127. The zero-order valence-corrected chi connectivity index (χ0v) is 19.3. The van der Waals surface area contributed by atoms with Gasteiger partial charge in [-0.1, -0.05) is 23.3 Å². The number of aryl methyl sites for hydroxylation is 2. The van der Waals surface area contributed by atoms with Crippen LogP contribution in [0.3, 0.4) is 0 Å². The predicted octanol–water partition coefficient (Wildman–Crippen LogP) is 8.75. The predicted molar refractivity (Wildman–Crippen MR) is 134 cm³/mol. The van der Waals surface area contributed by atoms with Crippen LogP contribution in [0, 0.1) is 17.4 Å². The van der Waals surface area contributed by atoms with E-state index in [0.29, 0.717) is 0 Å². The van der Waals surface area contributed by atoms with Crippen molar-refractivity contribution in [3.8, 4) is 16.4 Å². The third kappa shape index (κ3) is 3.53. The number of hydrogen-bond donors (Lipinski definition) is 0. The molecule has 29 heavy (non-hydrogen) atoms. The Morgan fingerprint density at radius 3 is 1.62 bits per heavy atom. The zero-order valence-electron chi connectivity index (χ0n) is 16.3. The molecular formula is C26H20IOS+. The molecule has 0 fully saturated rings. The molecule has 0 bridgehead atoms. The van der Waals surface area contributed by atoms with E-state index in [1.165, 1.54) is 39.8 Å². The summed E-state index contributed by atoms with van der Waals surface area (Å²) in [6.45, 7) is 4.34. The molecule has 0 atom stereocenters. The fraction of sp³-hybridized carbons (Fsp3) is 0.0769. The van der Waals surface area contributed by atoms with Gasteiger partial charge in [-0.3, -0.25) is 0 Å². The smallest absolute Gasteiger partial charge is 0.187 e. The van der Waals surface area contributed by atoms with Gasteiger partial charge in [0.05, 0.1) is 0 Å². The van der Waals surface area contributed by atoms with E-state index >= 15 is 0 Å². The van der Waals surface area contributed by atoms with E-state index in [1.807, 2.05) is 12.1 Å². The van der Waals surface area contributed by atoms with Gasteiger partial charge in [-0.25, -0.2) is 0 Å². The van der Waals surface area contributed by atoms with Gasteiger partial charge in [-0.05, 0) is 97.1 Å². The summed E-state index contributed by atoms with van der Waals surface area (Å²) >= 11 is 2.30. The summed E-state index contributed by atoms with van der Waals surface area (Å²) in [7, 11) is -0.0715. The van der Waals surface area contributed by atoms with E-state index < -0.39 is 0 Å². The highest BCUT2D eigenvalue weighted by molar-refractivity contribution is 14.1. The van der Waals surface area contributed by atoms with Crippen molar-refractivity contribution in [2.24, 2.45) is 0 Å². The summed E-state index contributed by atoms with van der Waals surface area (Å²) in [6.07, 6.45) is 0. The average Bonchev–Trinajstić information content (AvgIpc) is 3.03. The topological polar surface area (TPSA) is 9.23 Å². The minimum Gasteiger partial charge on any atom is -0.457 e. The molecule has 0 amide bonds. The molecule has 0 spiro atoms. The van der Waals surface area contributed by atoms with Gasteiger partial charge in [0.25, 0.3) is 0 Å². The summed E-state index contributed by atoms with van der Waals surface area (Å²) in [5.41, 5.74) is 2.62. The van der Waals surface area contributed by atoms with Crippen molar-refractivity contribution in [1.82, 2.24) is 0 Å². The summed E-state index contributed by atoms with van der Waals surface area (Å²) in [4.78, 5) is 1.33. The molecule has 3 heteroatoms. The van der Waals surface area contributed by atoms with Gasteiger partial charge < -0.3 is 4.74 Å².